The first-order chi connectivity index (χ1) is 15.9. The van der Waals surface area contributed by atoms with Crippen LogP contribution in [0.1, 0.15) is 24.2 Å². The van der Waals surface area contributed by atoms with Crippen LogP contribution in [0.2, 0.25) is 0 Å². The number of aromatic nitrogens is 1. The second-order valence-corrected chi connectivity index (χ2v) is 8.71. The van der Waals surface area contributed by atoms with Gasteiger partial charge in [-0.2, -0.15) is 0 Å². The summed E-state index contributed by atoms with van der Waals surface area (Å²) in [5, 5.41) is 0.980. The second-order valence-electron chi connectivity index (χ2n) is 8.32. The van der Waals surface area contributed by atoms with Gasteiger partial charge in [-0.3, -0.25) is 4.98 Å². The van der Waals surface area contributed by atoms with Crippen molar-refractivity contribution in [3.63, 3.8) is 0 Å². The van der Waals surface area contributed by atoms with Gasteiger partial charge in [0.05, 0.1) is 6.54 Å². The molecule has 2 aromatic carbocycles. The normalized spacial score (nSPS) is 15.7. The zero-order chi connectivity index (χ0) is 23.0. The van der Waals surface area contributed by atoms with Crippen molar-refractivity contribution in [1.29, 1.82) is 0 Å². The third-order valence-corrected chi connectivity index (χ3v) is 6.60. The molecule has 3 heterocycles. The summed E-state index contributed by atoms with van der Waals surface area (Å²) >= 11 is 5.59. The average Bonchev–Trinajstić information content (AvgIpc) is 3.27. The first-order valence-corrected chi connectivity index (χ1v) is 11.3. The minimum absolute atomic E-state index is 0.154. The standard InChI is InChI=1S/C26H23F2N3OS/c27-26(28)7-11-31(12-8-26)25(33)19-3-1-17(2-4-19)20-13-21-14-22(16-29)32-24(21)23(15-20)18-5-9-30-10-6-18/h1-6,9-10,13-15H,7-8,11-12,16,29H2. The van der Waals surface area contributed by atoms with Crippen molar-refractivity contribution < 1.29 is 13.2 Å². The first-order valence-electron chi connectivity index (χ1n) is 10.9. The summed E-state index contributed by atoms with van der Waals surface area (Å²) in [6.45, 7) is 0.890. The minimum Gasteiger partial charge on any atom is -0.459 e. The molecule has 0 spiro atoms. The molecule has 1 aliphatic rings. The summed E-state index contributed by atoms with van der Waals surface area (Å²) in [7, 11) is 0. The van der Waals surface area contributed by atoms with Gasteiger partial charge in [-0.25, -0.2) is 8.78 Å². The van der Waals surface area contributed by atoms with Crippen LogP contribution in [-0.4, -0.2) is 33.9 Å². The number of furan rings is 1. The minimum atomic E-state index is -2.59. The number of nitrogens with two attached hydrogens (primary N) is 1. The van der Waals surface area contributed by atoms with Gasteiger partial charge in [0.15, 0.2) is 0 Å². The lowest BCUT2D eigenvalue weighted by Gasteiger charge is -2.33. The third-order valence-electron chi connectivity index (χ3n) is 6.11. The van der Waals surface area contributed by atoms with Gasteiger partial charge in [-0.1, -0.05) is 36.5 Å². The van der Waals surface area contributed by atoms with Crippen LogP contribution in [0.25, 0.3) is 33.2 Å². The number of hydrogen-bond donors (Lipinski definition) is 1. The number of alkyl halides is 2. The van der Waals surface area contributed by atoms with Crippen molar-refractivity contribution >= 4 is 28.2 Å². The maximum Gasteiger partial charge on any atom is 0.251 e. The molecule has 168 valence electrons. The van der Waals surface area contributed by atoms with Crippen molar-refractivity contribution in [2.45, 2.75) is 25.3 Å². The van der Waals surface area contributed by atoms with E-state index in [-0.39, 0.29) is 25.9 Å². The summed E-state index contributed by atoms with van der Waals surface area (Å²) in [5.41, 5.74) is 11.5. The Morgan fingerprint density at radius 2 is 1.67 bits per heavy atom. The number of halogens is 2. The maximum absolute atomic E-state index is 13.5. The highest BCUT2D eigenvalue weighted by atomic mass is 32.1. The average molecular weight is 464 g/mol. The molecule has 0 radical (unpaired) electrons. The fourth-order valence-electron chi connectivity index (χ4n) is 4.24. The molecule has 2 N–H and O–H groups in total. The molecule has 0 bridgehead atoms. The molecule has 4 nitrogen and oxygen atoms in total. The molecule has 33 heavy (non-hydrogen) atoms. The van der Waals surface area contributed by atoms with Gasteiger partial charge in [-0.05, 0) is 47.0 Å². The Bertz CT molecular complexity index is 1290. The molecule has 4 aromatic rings. The van der Waals surface area contributed by atoms with E-state index in [4.69, 9.17) is 22.4 Å². The summed E-state index contributed by atoms with van der Waals surface area (Å²) in [5.74, 6) is -1.86. The topological polar surface area (TPSA) is 55.3 Å². The third kappa shape index (κ3) is 4.38. The number of thiocarbonyl (C=S) groups is 1. The van der Waals surface area contributed by atoms with Crippen molar-refractivity contribution in [3.8, 4) is 22.3 Å². The smallest absolute Gasteiger partial charge is 0.251 e. The number of hydrogen-bond acceptors (Lipinski definition) is 4. The Morgan fingerprint density at radius 3 is 2.33 bits per heavy atom. The fourth-order valence-corrected chi connectivity index (χ4v) is 4.56. The van der Waals surface area contributed by atoms with Gasteiger partial charge < -0.3 is 15.1 Å². The molecule has 0 aliphatic carbocycles. The number of rotatable bonds is 4. The van der Waals surface area contributed by atoms with Crippen LogP contribution in [0, 0.1) is 0 Å². The Morgan fingerprint density at radius 1 is 0.970 bits per heavy atom. The van der Waals surface area contributed by atoms with E-state index in [0.717, 1.165) is 44.5 Å². The van der Waals surface area contributed by atoms with E-state index >= 15 is 0 Å². The number of fused-ring (bicyclic) bond motifs is 1. The van der Waals surface area contributed by atoms with Crippen molar-refractivity contribution in [2.75, 3.05) is 13.1 Å². The maximum atomic E-state index is 13.5. The Labute approximate surface area is 196 Å². The zero-order valence-corrected chi connectivity index (χ0v) is 18.7. The molecule has 0 atom stereocenters. The number of nitrogens with zero attached hydrogens (tertiary/aromatic N) is 2. The molecular weight excluding hydrogens is 440 g/mol. The highest BCUT2D eigenvalue weighted by Gasteiger charge is 2.34. The lowest BCUT2D eigenvalue weighted by atomic mass is 9.96. The molecule has 1 aliphatic heterocycles. The van der Waals surface area contributed by atoms with Gasteiger partial charge in [-0.15, -0.1) is 0 Å². The van der Waals surface area contributed by atoms with Gasteiger partial charge in [0.2, 0.25) is 0 Å². The number of pyridine rings is 1. The predicted octanol–water partition coefficient (Wildman–Crippen LogP) is 6.03. The highest BCUT2D eigenvalue weighted by Crippen LogP contribution is 2.36. The van der Waals surface area contributed by atoms with Crippen LogP contribution >= 0.6 is 12.2 Å². The molecular formula is C26H23F2N3OS. The summed E-state index contributed by atoms with van der Waals surface area (Å²) in [6.07, 6.45) is 3.21. The second kappa shape index (κ2) is 8.65. The lowest BCUT2D eigenvalue weighted by molar-refractivity contribution is -0.0430. The predicted molar refractivity (Wildman–Crippen MR) is 130 cm³/mol. The Balaban J connectivity index is 1.47. The van der Waals surface area contributed by atoms with E-state index in [0.29, 0.717) is 11.5 Å². The molecule has 1 saturated heterocycles. The monoisotopic (exact) mass is 463 g/mol. The first kappa shape index (κ1) is 21.7. The number of benzene rings is 2. The van der Waals surface area contributed by atoms with Crippen LogP contribution in [0.3, 0.4) is 0 Å². The highest BCUT2D eigenvalue weighted by molar-refractivity contribution is 7.80. The van der Waals surface area contributed by atoms with Gasteiger partial charge in [0, 0.05) is 54.8 Å². The largest absolute Gasteiger partial charge is 0.459 e. The molecule has 0 saturated carbocycles. The summed E-state index contributed by atoms with van der Waals surface area (Å²) in [4.78, 5) is 6.61. The Hall–Kier alpha value is -3.16. The fraction of sp³-hybridized carbons (Fsp3) is 0.231. The quantitative estimate of drug-likeness (QED) is 0.375. The van der Waals surface area contributed by atoms with Crippen LogP contribution in [0.4, 0.5) is 8.78 Å². The van der Waals surface area contributed by atoms with Gasteiger partial charge in [0.25, 0.3) is 5.92 Å². The van der Waals surface area contributed by atoms with Crippen LogP contribution in [-0.2, 0) is 6.54 Å². The molecule has 0 amide bonds. The van der Waals surface area contributed by atoms with E-state index in [1.54, 1.807) is 12.4 Å². The molecule has 1 fully saturated rings. The van der Waals surface area contributed by atoms with E-state index in [9.17, 15) is 8.78 Å². The van der Waals surface area contributed by atoms with Crippen LogP contribution in [0.5, 0.6) is 0 Å². The zero-order valence-electron chi connectivity index (χ0n) is 17.9. The lowest BCUT2D eigenvalue weighted by Crippen LogP contribution is -2.42. The Kier molecular flexibility index (Phi) is 5.68. The van der Waals surface area contributed by atoms with Gasteiger partial charge >= 0.3 is 0 Å². The number of piperidine rings is 1. The van der Waals surface area contributed by atoms with E-state index in [1.807, 2.05) is 47.4 Å². The van der Waals surface area contributed by atoms with Crippen molar-refractivity contribution in [3.05, 3.63) is 78.3 Å². The molecule has 2 aromatic heterocycles. The van der Waals surface area contributed by atoms with Crippen molar-refractivity contribution in [1.82, 2.24) is 9.88 Å². The molecule has 0 unspecified atom stereocenters. The van der Waals surface area contributed by atoms with Crippen LogP contribution < -0.4 is 5.73 Å². The van der Waals surface area contributed by atoms with E-state index < -0.39 is 5.92 Å². The molecule has 7 heteroatoms. The SMILES string of the molecule is NCc1cc2cc(-c3ccc(C(=S)N4CCC(F)(F)CC4)cc3)cc(-c3ccncc3)c2o1. The van der Waals surface area contributed by atoms with E-state index in [2.05, 4.69) is 17.1 Å². The summed E-state index contributed by atoms with van der Waals surface area (Å²) in [6, 6.07) is 18.0. The van der Waals surface area contributed by atoms with Crippen LogP contribution in [0.15, 0.2) is 71.4 Å². The summed E-state index contributed by atoms with van der Waals surface area (Å²) < 4.78 is 33.0. The van der Waals surface area contributed by atoms with E-state index in [1.165, 1.54) is 0 Å². The molecule has 5 rings (SSSR count). The number of likely N-dealkylation sites (tertiary alicyclic amines) is 1. The van der Waals surface area contributed by atoms with Crippen molar-refractivity contribution in [2.24, 2.45) is 5.73 Å². The van der Waals surface area contributed by atoms with Gasteiger partial charge in [0.1, 0.15) is 16.3 Å².